The standard InChI is InChI=1S/C31H32N2O4S/c1-6-36-29(34)31(4,5)26-18-16-24(17-19-26)23-12-14-25(15-13-23)28-27(20(2)33-38-28)32-30(35)37-21(3)22-10-8-7-9-11-22/h7-19,21H,6H2,1-5H3,(H,32,35)/t21-/m1/s1. The number of nitrogens with one attached hydrogen (secondary N) is 1. The van der Waals surface area contributed by atoms with E-state index in [0.717, 1.165) is 38.4 Å². The Labute approximate surface area is 227 Å². The third-order valence-electron chi connectivity index (χ3n) is 6.52. The molecule has 0 aliphatic carbocycles. The number of ether oxygens (including phenoxy) is 2. The van der Waals surface area contributed by atoms with Gasteiger partial charge in [0.2, 0.25) is 0 Å². The van der Waals surface area contributed by atoms with Gasteiger partial charge in [-0.15, -0.1) is 0 Å². The molecule has 0 aliphatic rings. The molecule has 4 rings (SSSR count). The summed E-state index contributed by atoms with van der Waals surface area (Å²) in [7, 11) is 0. The van der Waals surface area contributed by atoms with E-state index in [1.54, 1.807) is 0 Å². The van der Waals surface area contributed by atoms with Crippen LogP contribution >= 0.6 is 11.5 Å². The number of amides is 1. The summed E-state index contributed by atoms with van der Waals surface area (Å²) in [6.07, 6.45) is -0.895. The second-order valence-electron chi connectivity index (χ2n) is 9.56. The van der Waals surface area contributed by atoms with Crippen molar-refractivity contribution in [1.29, 1.82) is 0 Å². The summed E-state index contributed by atoms with van der Waals surface area (Å²) in [6, 6.07) is 25.7. The molecule has 0 saturated heterocycles. The predicted octanol–water partition coefficient (Wildman–Crippen LogP) is 7.94. The zero-order valence-corrected chi connectivity index (χ0v) is 23.1. The molecule has 0 fully saturated rings. The molecule has 196 valence electrons. The number of esters is 1. The first-order chi connectivity index (χ1) is 18.2. The van der Waals surface area contributed by atoms with Crippen LogP contribution in [0.3, 0.4) is 0 Å². The molecule has 1 N–H and O–H groups in total. The van der Waals surface area contributed by atoms with Gasteiger partial charge < -0.3 is 9.47 Å². The molecule has 38 heavy (non-hydrogen) atoms. The van der Waals surface area contributed by atoms with Crippen molar-refractivity contribution >= 4 is 29.3 Å². The maximum atomic E-state index is 12.7. The van der Waals surface area contributed by atoms with Gasteiger partial charge in [0.1, 0.15) is 6.10 Å². The molecule has 7 heteroatoms. The van der Waals surface area contributed by atoms with Gasteiger partial charge in [-0.25, -0.2) is 4.79 Å². The number of hydrogen-bond donors (Lipinski definition) is 1. The van der Waals surface area contributed by atoms with Crippen molar-refractivity contribution in [1.82, 2.24) is 4.37 Å². The van der Waals surface area contributed by atoms with Crippen LogP contribution in [0.4, 0.5) is 10.5 Å². The average Bonchev–Trinajstić information content (AvgIpc) is 3.29. The summed E-state index contributed by atoms with van der Waals surface area (Å²) >= 11 is 1.34. The number of benzene rings is 3. The Morgan fingerprint density at radius 1 is 0.921 bits per heavy atom. The van der Waals surface area contributed by atoms with Crippen molar-refractivity contribution in [3.05, 3.63) is 95.7 Å². The molecule has 1 aromatic heterocycles. The van der Waals surface area contributed by atoms with Gasteiger partial charge in [-0.05, 0) is 74.0 Å². The Kier molecular flexibility index (Phi) is 8.27. The topological polar surface area (TPSA) is 77.5 Å². The maximum absolute atomic E-state index is 12.7. The van der Waals surface area contributed by atoms with Crippen LogP contribution in [0.15, 0.2) is 78.9 Å². The van der Waals surface area contributed by atoms with Crippen LogP contribution in [0.2, 0.25) is 0 Å². The van der Waals surface area contributed by atoms with Crippen LogP contribution in [-0.2, 0) is 19.7 Å². The fourth-order valence-electron chi connectivity index (χ4n) is 4.12. The summed E-state index contributed by atoms with van der Waals surface area (Å²) in [5, 5.41) is 2.89. The normalized spacial score (nSPS) is 12.0. The van der Waals surface area contributed by atoms with Crippen molar-refractivity contribution in [3.8, 4) is 21.6 Å². The van der Waals surface area contributed by atoms with Gasteiger partial charge in [0.25, 0.3) is 0 Å². The minimum Gasteiger partial charge on any atom is -0.465 e. The fraction of sp³-hybridized carbons (Fsp3) is 0.258. The van der Waals surface area contributed by atoms with Crippen LogP contribution in [0, 0.1) is 6.92 Å². The van der Waals surface area contributed by atoms with E-state index in [4.69, 9.17) is 9.47 Å². The molecular formula is C31H32N2O4S. The maximum Gasteiger partial charge on any atom is 0.412 e. The van der Waals surface area contributed by atoms with Gasteiger partial charge in [-0.3, -0.25) is 10.1 Å². The second kappa shape index (κ2) is 11.6. The highest BCUT2D eigenvalue weighted by atomic mass is 32.1. The van der Waals surface area contributed by atoms with E-state index in [1.165, 1.54) is 11.5 Å². The van der Waals surface area contributed by atoms with E-state index < -0.39 is 11.5 Å². The molecule has 0 unspecified atom stereocenters. The highest BCUT2D eigenvalue weighted by molar-refractivity contribution is 7.10. The van der Waals surface area contributed by atoms with E-state index in [1.807, 2.05) is 113 Å². The van der Waals surface area contributed by atoms with Crippen LogP contribution in [0.1, 0.15) is 50.6 Å². The van der Waals surface area contributed by atoms with Crippen molar-refractivity contribution in [3.63, 3.8) is 0 Å². The largest absolute Gasteiger partial charge is 0.465 e. The van der Waals surface area contributed by atoms with Crippen molar-refractivity contribution in [2.45, 2.75) is 46.1 Å². The average molecular weight is 529 g/mol. The molecule has 1 heterocycles. The fourth-order valence-corrected chi connectivity index (χ4v) is 4.97. The van der Waals surface area contributed by atoms with Gasteiger partial charge >= 0.3 is 12.1 Å². The first-order valence-corrected chi connectivity index (χ1v) is 13.4. The first kappa shape index (κ1) is 27.1. The summed E-state index contributed by atoms with van der Waals surface area (Å²) in [4.78, 5) is 25.9. The number of carbonyl (C=O) groups excluding carboxylic acids is 2. The number of nitrogens with zero attached hydrogens (tertiary/aromatic N) is 1. The predicted molar refractivity (Wildman–Crippen MR) is 152 cm³/mol. The van der Waals surface area contributed by atoms with Crippen molar-refractivity contribution in [2.75, 3.05) is 11.9 Å². The SMILES string of the molecule is CCOC(=O)C(C)(C)c1ccc(-c2ccc(-c3snc(C)c3NC(=O)O[C@H](C)c3ccccc3)cc2)cc1. The van der Waals surface area contributed by atoms with Gasteiger partial charge in [-0.2, -0.15) is 4.37 Å². The van der Waals surface area contributed by atoms with Crippen molar-refractivity contribution < 1.29 is 19.1 Å². The Bertz CT molecular complexity index is 1390. The molecule has 0 aliphatic heterocycles. The number of hydrogen-bond acceptors (Lipinski definition) is 6. The molecular weight excluding hydrogens is 496 g/mol. The Hall–Kier alpha value is -3.97. The number of carbonyl (C=O) groups is 2. The Morgan fingerprint density at radius 3 is 2.11 bits per heavy atom. The lowest BCUT2D eigenvalue weighted by Crippen LogP contribution is -2.31. The second-order valence-corrected chi connectivity index (χ2v) is 10.3. The number of anilines is 1. The Balaban J connectivity index is 1.48. The smallest absolute Gasteiger partial charge is 0.412 e. The molecule has 6 nitrogen and oxygen atoms in total. The minimum atomic E-state index is -0.716. The lowest BCUT2D eigenvalue weighted by molar-refractivity contribution is -0.148. The summed E-state index contributed by atoms with van der Waals surface area (Å²) in [5.41, 5.74) is 5.53. The Morgan fingerprint density at radius 2 is 1.50 bits per heavy atom. The summed E-state index contributed by atoms with van der Waals surface area (Å²) in [5.74, 6) is -0.236. The molecule has 1 amide bonds. The third-order valence-corrected chi connectivity index (χ3v) is 7.50. The van der Waals surface area contributed by atoms with E-state index in [-0.39, 0.29) is 12.1 Å². The summed E-state index contributed by atoms with van der Waals surface area (Å²) < 4.78 is 15.3. The zero-order valence-electron chi connectivity index (χ0n) is 22.3. The van der Waals surface area contributed by atoms with Gasteiger partial charge in [0.05, 0.1) is 28.3 Å². The minimum absolute atomic E-state index is 0.236. The van der Waals surface area contributed by atoms with Crippen LogP contribution in [0.25, 0.3) is 21.6 Å². The highest BCUT2D eigenvalue weighted by Crippen LogP contribution is 2.36. The van der Waals surface area contributed by atoms with Crippen LogP contribution < -0.4 is 5.32 Å². The van der Waals surface area contributed by atoms with Crippen LogP contribution in [0.5, 0.6) is 0 Å². The van der Waals surface area contributed by atoms with E-state index in [2.05, 4.69) is 9.69 Å². The number of aromatic nitrogens is 1. The third kappa shape index (κ3) is 5.94. The molecule has 0 saturated carbocycles. The van der Waals surface area contributed by atoms with E-state index in [9.17, 15) is 9.59 Å². The van der Waals surface area contributed by atoms with E-state index >= 15 is 0 Å². The van der Waals surface area contributed by atoms with Crippen molar-refractivity contribution in [2.24, 2.45) is 0 Å². The van der Waals surface area contributed by atoms with E-state index in [0.29, 0.717) is 12.3 Å². The molecule has 4 aromatic rings. The van der Waals surface area contributed by atoms with Crippen LogP contribution in [-0.4, -0.2) is 23.0 Å². The van der Waals surface area contributed by atoms with Gasteiger partial charge in [-0.1, -0.05) is 78.9 Å². The zero-order chi connectivity index (χ0) is 27.3. The number of rotatable bonds is 8. The number of aryl methyl sites for hydroxylation is 1. The molecule has 0 radical (unpaired) electrons. The molecule has 0 bridgehead atoms. The highest BCUT2D eigenvalue weighted by Gasteiger charge is 2.31. The molecule has 0 spiro atoms. The van der Waals surface area contributed by atoms with Gasteiger partial charge in [0.15, 0.2) is 0 Å². The lowest BCUT2D eigenvalue weighted by Gasteiger charge is -2.23. The molecule has 3 aromatic carbocycles. The van der Waals surface area contributed by atoms with Gasteiger partial charge in [0, 0.05) is 0 Å². The first-order valence-electron chi connectivity index (χ1n) is 12.6. The quantitative estimate of drug-likeness (QED) is 0.235. The summed E-state index contributed by atoms with van der Waals surface area (Å²) in [6.45, 7) is 9.62. The monoisotopic (exact) mass is 528 g/mol. The molecule has 1 atom stereocenters. The lowest BCUT2D eigenvalue weighted by atomic mass is 9.84.